The summed E-state index contributed by atoms with van der Waals surface area (Å²) in [5.41, 5.74) is 0.553. The van der Waals surface area contributed by atoms with E-state index < -0.39 is 22.1 Å². The normalized spacial score (nSPS) is 15.6. The van der Waals surface area contributed by atoms with E-state index in [2.05, 4.69) is 14.4 Å². The highest BCUT2D eigenvalue weighted by molar-refractivity contribution is 7.98. The van der Waals surface area contributed by atoms with Crippen molar-refractivity contribution in [2.24, 2.45) is 5.92 Å². The predicted molar refractivity (Wildman–Crippen MR) is 113 cm³/mol. The Labute approximate surface area is 188 Å². The van der Waals surface area contributed by atoms with Gasteiger partial charge < -0.3 is 9.64 Å². The molecule has 0 spiro atoms. The summed E-state index contributed by atoms with van der Waals surface area (Å²) in [6.07, 6.45) is -0.0992. The van der Waals surface area contributed by atoms with Gasteiger partial charge in [0.2, 0.25) is 10.0 Å². The Kier molecular flexibility index (Phi) is 7.67. The summed E-state index contributed by atoms with van der Waals surface area (Å²) in [4.78, 5) is 18.6. The molecule has 1 fully saturated rings. The number of hydrogen-bond donors (Lipinski definition) is 1. The average molecular weight is 490 g/mol. The topological polar surface area (TPSA) is 88.6 Å². The Morgan fingerprint density at radius 2 is 1.88 bits per heavy atom. The molecule has 1 saturated heterocycles. The minimum absolute atomic E-state index is 0.0376. The number of alkyl halides is 3. The van der Waals surface area contributed by atoms with Crippen molar-refractivity contribution in [3.05, 3.63) is 48.2 Å². The smallest absolute Gasteiger partial charge is 0.406 e. The van der Waals surface area contributed by atoms with Crippen molar-refractivity contribution >= 4 is 27.7 Å². The number of piperidine rings is 1. The lowest BCUT2D eigenvalue weighted by Crippen LogP contribution is -2.41. The number of aromatic nitrogens is 1. The lowest BCUT2D eigenvalue weighted by molar-refractivity contribution is -0.274. The molecule has 2 heterocycles. The van der Waals surface area contributed by atoms with Crippen LogP contribution in [0.5, 0.6) is 5.75 Å². The first-order chi connectivity index (χ1) is 15.1. The van der Waals surface area contributed by atoms with E-state index in [1.165, 1.54) is 11.8 Å². The highest BCUT2D eigenvalue weighted by Crippen LogP contribution is 2.25. The van der Waals surface area contributed by atoms with Crippen LogP contribution in [0.15, 0.2) is 52.5 Å². The monoisotopic (exact) mass is 489 g/mol. The van der Waals surface area contributed by atoms with Gasteiger partial charge in [-0.1, -0.05) is 0 Å². The van der Waals surface area contributed by atoms with Crippen LogP contribution < -0.4 is 9.46 Å². The number of pyridine rings is 1. The van der Waals surface area contributed by atoms with Crippen LogP contribution in [0.1, 0.15) is 23.2 Å². The number of nitrogens with zero attached hydrogens (tertiary/aromatic N) is 2. The van der Waals surface area contributed by atoms with E-state index >= 15 is 0 Å². The molecule has 1 aliphatic heterocycles. The van der Waals surface area contributed by atoms with Gasteiger partial charge in [-0.25, -0.2) is 18.1 Å². The van der Waals surface area contributed by atoms with Crippen LogP contribution in [0.3, 0.4) is 0 Å². The number of amides is 1. The van der Waals surface area contributed by atoms with Crippen molar-refractivity contribution in [3.63, 3.8) is 0 Å². The minimum atomic E-state index is -4.84. The van der Waals surface area contributed by atoms with Crippen molar-refractivity contribution in [1.82, 2.24) is 14.6 Å². The number of thioether (sulfide) groups is 1. The molecule has 1 aromatic heterocycles. The third kappa shape index (κ3) is 6.36. The molecule has 1 amide bonds. The fraction of sp³-hybridized carbons (Fsp3) is 0.400. The molecule has 1 aromatic carbocycles. The third-order valence-electron chi connectivity index (χ3n) is 5.03. The van der Waals surface area contributed by atoms with E-state index in [0.29, 0.717) is 36.5 Å². The molecule has 2 aromatic rings. The number of sulfonamides is 1. The van der Waals surface area contributed by atoms with Gasteiger partial charge in [-0.15, -0.1) is 24.9 Å². The fourth-order valence-electron chi connectivity index (χ4n) is 3.36. The molecule has 3 rings (SSSR count). The van der Waals surface area contributed by atoms with Crippen LogP contribution in [0.25, 0.3) is 0 Å². The molecule has 0 atom stereocenters. The summed E-state index contributed by atoms with van der Waals surface area (Å²) in [5.74, 6) is -0.551. The standard InChI is InChI=1S/C20H22F3N3O4S2/c1-31-18-17(3-2-10-24-18)19(27)26-11-8-14(9-12-26)13-25-32(28,29)16-6-4-15(5-7-16)30-20(21,22)23/h2-7,10,14,25H,8-9,11-13H2,1H3. The molecule has 0 unspecified atom stereocenters. The van der Waals surface area contributed by atoms with Crippen LogP contribution in [0, 0.1) is 5.92 Å². The van der Waals surface area contributed by atoms with Crippen LogP contribution in [-0.2, 0) is 10.0 Å². The summed E-state index contributed by atoms with van der Waals surface area (Å²) in [5, 5.41) is 0.666. The van der Waals surface area contributed by atoms with Gasteiger partial charge in [0.15, 0.2) is 0 Å². The van der Waals surface area contributed by atoms with Gasteiger partial charge in [-0.05, 0) is 61.4 Å². The molecule has 32 heavy (non-hydrogen) atoms. The molecule has 7 nitrogen and oxygen atoms in total. The Bertz CT molecular complexity index is 1040. The number of likely N-dealkylation sites (tertiary alicyclic amines) is 1. The van der Waals surface area contributed by atoms with E-state index in [-0.39, 0.29) is 23.3 Å². The maximum atomic E-state index is 12.8. The zero-order valence-corrected chi connectivity index (χ0v) is 18.8. The van der Waals surface area contributed by atoms with Gasteiger partial charge >= 0.3 is 6.36 Å². The number of carbonyl (C=O) groups is 1. The zero-order valence-electron chi connectivity index (χ0n) is 17.1. The second-order valence-corrected chi connectivity index (χ2v) is 9.73. The summed E-state index contributed by atoms with van der Waals surface area (Å²) in [7, 11) is -3.88. The Morgan fingerprint density at radius 3 is 2.47 bits per heavy atom. The van der Waals surface area contributed by atoms with Gasteiger partial charge in [0.25, 0.3) is 5.91 Å². The zero-order chi connectivity index (χ0) is 23.4. The van der Waals surface area contributed by atoms with Crippen molar-refractivity contribution in [2.75, 3.05) is 25.9 Å². The largest absolute Gasteiger partial charge is 0.573 e. The van der Waals surface area contributed by atoms with Crippen molar-refractivity contribution in [2.45, 2.75) is 29.1 Å². The van der Waals surface area contributed by atoms with Gasteiger partial charge in [-0.2, -0.15) is 0 Å². The van der Waals surface area contributed by atoms with Gasteiger partial charge in [-0.3, -0.25) is 4.79 Å². The molecular formula is C20H22F3N3O4S2. The molecule has 1 aliphatic rings. The maximum absolute atomic E-state index is 12.8. The second kappa shape index (κ2) is 10.1. The molecule has 12 heteroatoms. The van der Waals surface area contributed by atoms with E-state index in [0.717, 1.165) is 24.3 Å². The lowest BCUT2D eigenvalue weighted by Gasteiger charge is -2.32. The van der Waals surface area contributed by atoms with Crippen LogP contribution in [0.2, 0.25) is 0 Å². The molecule has 0 aliphatic carbocycles. The SMILES string of the molecule is CSc1ncccc1C(=O)N1CCC(CNS(=O)(=O)c2ccc(OC(F)(F)F)cc2)CC1. The fourth-order valence-corrected chi connectivity index (χ4v) is 5.02. The van der Waals surface area contributed by atoms with E-state index in [1.54, 1.807) is 23.2 Å². The minimum Gasteiger partial charge on any atom is -0.406 e. The summed E-state index contributed by atoms with van der Waals surface area (Å²) < 4.78 is 67.8. The quantitative estimate of drug-likeness (QED) is 0.599. The molecule has 0 radical (unpaired) electrons. The lowest BCUT2D eigenvalue weighted by atomic mass is 9.97. The molecule has 0 saturated carbocycles. The van der Waals surface area contributed by atoms with Crippen molar-refractivity contribution in [3.8, 4) is 5.75 Å². The second-order valence-electron chi connectivity index (χ2n) is 7.17. The van der Waals surface area contributed by atoms with Gasteiger partial charge in [0, 0.05) is 25.8 Å². The third-order valence-corrected chi connectivity index (χ3v) is 7.18. The van der Waals surface area contributed by atoms with Crippen LogP contribution >= 0.6 is 11.8 Å². The molecule has 1 N–H and O–H groups in total. The van der Waals surface area contributed by atoms with E-state index in [4.69, 9.17) is 0 Å². The molecule has 174 valence electrons. The first kappa shape index (κ1) is 24.3. The number of benzene rings is 1. The van der Waals surface area contributed by atoms with Gasteiger partial charge in [0.05, 0.1) is 10.5 Å². The number of halogens is 3. The maximum Gasteiger partial charge on any atom is 0.573 e. The predicted octanol–water partition coefficient (Wildman–Crippen LogP) is 3.53. The van der Waals surface area contributed by atoms with Crippen molar-refractivity contribution in [1.29, 1.82) is 0 Å². The summed E-state index contributed by atoms with van der Waals surface area (Å²) in [6, 6.07) is 7.48. The Balaban J connectivity index is 1.52. The van der Waals surface area contributed by atoms with E-state index in [9.17, 15) is 26.4 Å². The highest BCUT2D eigenvalue weighted by atomic mass is 32.2. The number of rotatable bonds is 7. The molecular weight excluding hydrogens is 467 g/mol. The van der Waals surface area contributed by atoms with E-state index in [1.807, 2.05) is 6.26 Å². The first-order valence-corrected chi connectivity index (χ1v) is 12.4. The van der Waals surface area contributed by atoms with Crippen molar-refractivity contribution < 1.29 is 31.1 Å². The Hall–Kier alpha value is -2.31. The van der Waals surface area contributed by atoms with Gasteiger partial charge in [0.1, 0.15) is 10.8 Å². The molecule has 0 bridgehead atoms. The number of nitrogens with one attached hydrogen (secondary N) is 1. The number of hydrogen-bond acceptors (Lipinski definition) is 6. The summed E-state index contributed by atoms with van der Waals surface area (Å²) in [6.45, 7) is 1.17. The Morgan fingerprint density at radius 1 is 1.22 bits per heavy atom. The van der Waals surface area contributed by atoms with Crippen LogP contribution in [-0.4, -0.2) is 56.5 Å². The average Bonchev–Trinajstić information content (AvgIpc) is 2.77. The highest BCUT2D eigenvalue weighted by Gasteiger charge is 2.31. The first-order valence-electron chi connectivity index (χ1n) is 9.73. The number of carbonyl (C=O) groups excluding carboxylic acids is 1. The van der Waals surface area contributed by atoms with Crippen LogP contribution in [0.4, 0.5) is 13.2 Å². The number of ether oxygens (including phenoxy) is 1. The summed E-state index contributed by atoms with van der Waals surface area (Å²) >= 11 is 1.40.